The van der Waals surface area contributed by atoms with Crippen molar-refractivity contribution < 1.29 is 42.8 Å². The van der Waals surface area contributed by atoms with Crippen LogP contribution in [0.3, 0.4) is 0 Å². The SMILES string of the molecule is COC(=O)CCCC(=O)[C@@]12OC(C)(C)O[C@@H]1[C@@H]1OC[C@@H](O1)[C@H]2NC(=O)OC(C)(C)C. The lowest BCUT2D eigenvalue weighted by atomic mass is 9.78. The Kier molecular flexibility index (Phi) is 6.16. The molecule has 3 fully saturated rings. The number of fused-ring (bicyclic) bond motifs is 4. The number of esters is 1. The lowest BCUT2D eigenvalue weighted by molar-refractivity contribution is -0.201. The van der Waals surface area contributed by atoms with Gasteiger partial charge in [0.25, 0.3) is 0 Å². The van der Waals surface area contributed by atoms with E-state index in [1.807, 2.05) is 0 Å². The fraction of sp³-hybridized carbons (Fsp3) is 0.850. The summed E-state index contributed by atoms with van der Waals surface area (Å²) in [5.41, 5.74) is -2.25. The maximum atomic E-state index is 13.5. The smallest absolute Gasteiger partial charge is 0.408 e. The minimum absolute atomic E-state index is 0.0387. The van der Waals surface area contributed by atoms with Crippen molar-refractivity contribution in [2.45, 2.75) is 95.4 Å². The van der Waals surface area contributed by atoms with Crippen LogP contribution in [-0.4, -0.2) is 73.1 Å². The summed E-state index contributed by atoms with van der Waals surface area (Å²) in [4.78, 5) is 37.5. The lowest BCUT2D eigenvalue weighted by Crippen LogP contribution is -2.71. The second-order valence-corrected chi connectivity index (χ2v) is 9.19. The molecule has 3 aliphatic rings. The summed E-state index contributed by atoms with van der Waals surface area (Å²) in [6.45, 7) is 8.78. The quantitative estimate of drug-likeness (QED) is 0.626. The minimum atomic E-state index is -1.53. The normalized spacial score (nSPS) is 34.2. The summed E-state index contributed by atoms with van der Waals surface area (Å²) in [5.74, 6) is -1.81. The van der Waals surface area contributed by atoms with Gasteiger partial charge in [0, 0.05) is 12.8 Å². The molecule has 3 saturated heterocycles. The summed E-state index contributed by atoms with van der Waals surface area (Å²) in [7, 11) is 1.30. The summed E-state index contributed by atoms with van der Waals surface area (Å²) >= 11 is 0. The van der Waals surface area contributed by atoms with Crippen LogP contribution in [0, 0.1) is 0 Å². The van der Waals surface area contributed by atoms with Crippen molar-refractivity contribution in [2.24, 2.45) is 0 Å². The van der Waals surface area contributed by atoms with Gasteiger partial charge in [-0.25, -0.2) is 4.79 Å². The maximum absolute atomic E-state index is 13.5. The van der Waals surface area contributed by atoms with Gasteiger partial charge in [0.2, 0.25) is 0 Å². The molecule has 0 aliphatic carbocycles. The standard InChI is InChI=1S/C20H31NO9/c1-18(2,3)29-17(24)21-14-11-10-26-16(27-11)15-20(14,30-19(4,5)28-15)12(22)8-7-9-13(23)25-6/h11,14-16H,7-10H2,1-6H3,(H,21,24)/t11-,14-,15-,16-,20+/m1/s1. The highest BCUT2D eigenvalue weighted by Crippen LogP contribution is 2.49. The van der Waals surface area contributed by atoms with Crippen LogP contribution in [-0.2, 0) is 38.0 Å². The van der Waals surface area contributed by atoms with Crippen LogP contribution in [0.5, 0.6) is 0 Å². The first kappa shape index (κ1) is 22.9. The Balaban J connectivity index is 1.88. The monoisotopic (exact) mass is 429 g/mol. The van der Waals surface area contributed by atoms with Crippen LogP contribution >= 0.6 is 0 Å². The summed E-state index contributed by atoms with van der Waals surface area (Å²) in [5, 5.41) is 2.76. The molecule has 3 rings (SSSR count). The van der Waals surface area contributed by atoms with Gasteiger partial charge in [0.15, 0.2) is 23.5 Å². The predicted molar refractivity (Wildman–Crippen MR) is 101 cm³/mol. The lowest BCUT2D eigenvalue weighted by Gasteiger charge is -2.44. The molecule has 0 unspecified atom stereocenters. The molecule has 3 heterocycles. The van der Waals surface area contributed by atoms with E-state index in [0.29, 0.717) is 0 Å². The van der Waals surface area contributed by atoms with Crippen LogP contribution in [0.15, 0.2) is 0 Å². The van der Waals surface area contributed by atoms with Crippen molar-refractivity contribution >= 4 is 17.8 Å². The van der Waals surface area contributed by atoms with Gasteiger partial charge in [-0.05, 0) is 41.0 Å². The zero-order valence-electron chi connectivity index (χ0n) is 18.3. The van der Waals surface area contributed by atoms with Crippen molar-refractivity contribution in [3.8, 4) is 0 Å². The van der Waals surface area contributed by atoms with Crippen LogP contribution < -0.4 is 5.32 Å². The van der Waals surface area contributed by atoms with Gasteiger partial charge < -0.3 is 33.7 Å². The van der Waals surface area contributed by atoms with E-state index >= 15 is 0 Å². The molecule has 0 spiro atoms. The van der Waals surface area contributed by atoms with Crippen LogP contribution in [0.1, 0.15) is 53.9 Å². The van der Waals surface area contributed by atoms with Gasteiger partial charge in [-0.15, -0.1) is 0 Å². The number of hydrogen-bond acceptors (Lipinski definition) is 9. The summed E-state index contributed by atoms with van der Waals surface area (Å²) in [6.07, 6.45) is -2.57. The molecule has 5 atom stereocenters. The number of carbonyl (C=O) groups is 3. The van der Waals surface area contributed by atoms with Gasteiger partial charge in [0.05, 0.1) is 19.8 Å². The van der Waals surface area contributed by atoms with Gasteiger partial charge in [0.1, 0.15) is 17.8 Å². The Morgan fingerprint density at radius 2 is 1.87 bits per heavy atom. The maximum Gasteiger partial charge on any atom is 0.408 e. The topological polar surface area (TPSA) is 119 Å². The highest BCUT2D eigenvalue weighted by molar-refractivity contribution is 5.91. The van der Waals surface area contributed by atoms with Crippen molar-refractivity contribution in [1.82, 2.24) is 5.32 Å². The third-order valence-corrected chi connectivity index (χ3v) is 5.18. The van der Waals surface area contributed by atoms with Gasteiger partial charge in [-0.3, -0.25) is 9.59 Å². The molecule has 3 aliphatic heterocycles. The molecule has 10 nitrogen and oxygen atoms in total. The van der Waals surface area contributed by atoms with Crippen LogP contribution in [0.2, 0.25) is 0 Å². The average molecular weight is 429 g/mol. The Morgan fingerprint density at radius 1 is 1.17 bits per heavy atom. The molecule has 0 aromatic carbocycles. The van der Waals surface area contributed by atoms with Crippen LogP contribution in [0.4, 0.5) is 4.79 Å². The minimum Gasteiger partial charge on any atom is -0.469 e. The van der Waals surface area contributed by atoms with E-state index in [4.69, 9.17) is 23.7 Å². The number of amides is 1. The Morgan fingerprint density at radius 3 is 2.50 bits per heavy atom. The fourth-order valence-corrected chi connectivity index (χ4v) is 4.14. The second-order valence-electron chi connectivity index (χ2n) is 9.19. The fourth-order valence-electron chi connectivity index (χ4n) is 4.14. The summed E-state index contributed by atoms with van der Waals surface area (Å²) in [6, 6.07) is -0.886. The number of Topliss-reactive ketones (excluding diaryl/α,β-unsaturated/α-hetero) is 1. The molecular formula is C20H31NO9. The van der Waals surface area contributed by atoms with E-state index in [2.05, 4.69) is 10.1 Å². The molecule has 0 aromatic heterocycles. The number of carbonyl (C=O) groups excluding carboxylic acids is 3. The molecule has 10 heteroatoms. The molecule has 170 valence electrons. The number of methoxy groups -OCH3 is 1. The molecule has 2 bridgehead atoms. The second kappa shape index (κ2) is 8.07. The number of ether oxygens (including phenoxy) is 6. The molecule has 0 saturated carbocycles. The first-order valence-electron chi connectivity index (χ1n) is 10.1. The Labute approximate surface area is 175 Å². The molecule has 0 radical (unpaired) electrons. The van der Waals surface area contributed by atoms with Gasteiger partial charge in [-0.1, -0.05) is 0 Å². The van der Waals surface area contributed by atoms with Crippen molar-refractivity contribution in [1.29, 1.82) is 0 Å². The molecular weight excluding hydrogens is 398 g/mol. The average Bonchev–Trinajstić information content (AvgIpc) is 3.18. The largest absolute Gasteiger partial charge is 0.469 e. The zero-order valence-corrected chi connectivity index (χ0v) is 18.3. The van der Waals surface area contributed by atoms with Crippen molar-refractivity contribution in [2.75, 3.05) is 13.7 Å². The van der Waals surface area contributed by atoms with Crippen molar-refractivity contribution in [3.05, 3.63) is 0 Å². The zero-order chi connectivity index (χ0) is 22.3. The number of ketones is 1. The third kappa shape index (κ3) is 4.46. The first-order chi connectivity index (χ1) is 13.9. The molecule has 0 aromatic rings. The number of rotatable bonds is 6. The van der Waals surface area contributed by atoms with Crippen LogP contribution in [0.25, 0.3) is 0 Å². The van der Waals surface area contributed by atoms with Gasteiger partial charge >= 0.3 is 12.1 Å². The van der Waals surface area contributed by atoms with E-state index in [1.165, 1.54) is 7.11 Å². The van der Waals surface area contributed by atoms with E-state index < -0.39 is 53.6 Å². The summed E-state index contributed by atoms with van der Waals surface area (Å²) < 4.78 is 33.8. The Bertz CT molecular complexity index is 701. The Hall–Kier alpha value is -1.75. The molecule has 1 N–H and O–H groups in total. The van der Waals surface area contributed by atoms with Crippen molar-refractivity contribution in [3.63, 3.8) is 0 Å². The third-order valence-electron chi connectivity index (χ3n) is 5.18. The predicted octanol–water partition coefficient (Wildman–Crippen LogP) is 1.44. The number of hydrogen-bond donors (Lipinski definition) is 1. The highest BCUT2D eigenvalue weighted by atomic mass is 16.8. The van der Waals surface area contributed by atoms with E-state index in [1.54, 1.807) is 34.6 Å². The van der Waals surface area contributed by atoms with E-state index in [0.717, 1.165) is 0 Å². The number of alkyl carbamates (subject to hydrolysis) is 1. The van der Waals surface area contributed by atoms with E-state index in [9.17, 15) is 14.4 Å². The number of nitrogens with one attached hydrogen (secondary N) is 1. The van der Waals surface area contributed by atoms with E-state index in [-0.39, 0.29) is 31.7 Å². The first-order valence-corrected chi connectivity index (χ1v) is 10.1. The molecule has 30 heavy (non-hydrogen) atoms. The highest BCUT2D eigenvalue weighted by Gasteiger charge is 2.71. The van der Waals surface area contributed by atoms with Gasteiger partial charge in [-0.2, -0.15) is 0 Å². The molecule has 1 amide bonds.